The van der Waals surface area contributed by atoms with Gasteiger partial charge in [-0.05, 0) is 6.92 Å². The van der Waals surface area contributed by atoms with E-state index in [1.54, 1.807) is 0 Å². The van der Waals surface area contributed by atoms with Crippen molar-refractivity contribution < 1.29 is 0 Å². The molecule has 2 rings (SSSR count). The fourth-order valence-electron chi connectivity index (χ4n) is 1.37. The summed E-state index contributed by atoms with van der Waals surface area (Å²) in [6.45, 7) is 2.10. The van der Waals surface area contributed by atoms with Gasteiger partial charge in [0.1, 0.15) is 0 Å². The Labute approximate surface area is 85.3 Å². The molecule has 1 aromatic carbocycles. The van der Waals surface area contributed by atoms with Crippen LogP contribution in [0, 0.1) is 13.3 Å². The van der Waals surface area contributed by atoms with Gasteiger partial charge in [0, 0.05) is 0 Å². The SMILES string of the molecule is Cc1ccc([CH-]C=C2C=CC=C2)cc1. The second kappa shape index (κ2) is 4.01. The summed E-state index contributed by atoms with van der Waals surface area (Å²) < 4.78 is 0. The highest BCUT2D eigenvalue weighted by Crippen LogP contribution is 2.11. The highest BCUT2D eigenvalue weighted by atomic mass is 14.0. The predicted molar refractivity (Wildman–Crippen MR) is 60.9 cm³/mol. The number of rotatable bonds is 2. The van der Waals surface area contributed by atoms with Crippen LogP contribution in [0.2, 0.25) is 0 Å². The number of allylic oxidation sites excluding steroid dienone is 6. The molecule has 0 bridgehead atoms. The van der Waals surface area contributed by atoms with Crippen molar-refractivity contribution in [2.45, 2.75) is 6.92 Å². The molecule has 0 spiro atoms. The van der Waals surface area contributed by atoms with Crippen molar-refractivity contribution in [1.29, 1.82) is 0 Å². The minimum Gasteiger partial charge on any atom is -0.148 e. The van der Waals surface area contributed by atoms with E-state index < -0.39 is 0 Å². The van der Waals surface area contributed by atoms with E-state index >= 15 is 0 Å². The first-order chi connectivity index (χ1) is 6.84. The first kappa shape index (κ1) is 8.89. The third-order valence-corrected chi connectivity index (χ3v) is 2.23. The van der Waals surface area contributed by atoms with Crippen molar-refractivity contribution in [3.63, 3.8) is 0 Å². The monoisotopic (exact) mass is 181 g/mol. The highest BCUT2D eigenvalue weighted by molar-refractivity contribution is 5.44. The lowest BCUT2D eigenvalue weighted by Gasteiger charge is -2.05. The van der Waals surface area contributed by atoms with Gasteiger partial charge in [0.25, 0.3) is 0 Å². The van der Waals surface area contributed by atoms with Gasteiger partial charge in [-0.15, -0.1) is 42.3 Å². The van der Waals surface area contributed by atoms with Crippen molar-refractivity contribution in [3.05, 3.63) is 77.8 Å². The van der Waals surface area contributed by atoms with E-state index in [1.165, 1.54) is 16.7 Å². The van der Waals surface area contributed by atoms with Crippen molar-refractivity contribution in [3.8, 4) is 0 Å². The number of aryl methyl sites for hydroxylation is 1. The van der Waals surface area contributed by atoms with Crippen LogP contribution in [0.25, 0.3) is 0 Å². The van der Waals surface area contributed by atoms with Gasteiger partial charge in [-0.25, -0.2) is 0 Å². The molecule has 0 aromatic heterocycles. The second-order valence-electron chi connectivity index (χ2n) is 3.46. The van der Waals surface area contributed by atoms with Gasteiger partial charge in [-0.1, -0.05) is 35.4 Å². The Balaban J connectivity index is 2.04. The zero-order valence-electron chi connectivity index (χ0n) is 8.27. The topological polar surface area (TPSA) is 0 Å². The van der Waals surface area contributed by atoms with Gasteiger partial charge < -0.3 is 0 Å². The standard InChI is InChI=1S/C14H13/c1-12-6-8-14(9-7-12)11-10-13-4-2-3-5-13/h2-11H,1H3/q-1. The Morgan fingerprint density at radius 1 is 1.00 bits per heavy atom. The van der Waals surface area contributed by atoms with Crippen LogP contribution in [0.4, 0.5) is 0 Å². The Bertz CT molecular complexity index is 375. The molecule has 0 unspecified atom stereocenters. The number of hydrogen-bond donors (Lipinski definition) is 0. The molecule has 0 fully saturated rings. The summed E-state index contributed by atoms with van der Waals surface area (Å²) in [5.41, 5.74) is 3.80. The predicted octanol–water partition coefficient (Wildman–Crippen LogP) is 3.60. The molecule has 1 aliphatic rings. The largest absolute Gasteiger partial charge is 0.148 e. The Morgan fingerprint density at radius 3 is 2.29 bits per heavy atom. The number of benzene rings is 1. The maximum Gasteiger partial charge on any atom is -0.0414 e. The van der Waals surface area contributed by atoms with Crippen molar-refractivity contribution in [2.24, 2.45) is 0 Å². The molecular weight excluding hydrogens is 168 g/mol. The molecule has 0 heteroatoms. The quantitative estimate of drug-likeness (QED) is 0.611. The minimum absolute atomic E-state index is 1.25. The van der Waals surface area contributed by atoms with Gasteiger partial charge in [-0.3, -0.25) is 0 Å². The zero-order chi connectivity index (χ0) is 9.80. The van der Waals surface area contributed by atoms with Crippen LogP contribution in [0.1, 0.15) is 11.1 Å². The van der Waals surface area contributed by atoms with Crippen LogP contribution in [-0.4, -0.2) is 0 Å². The van der Waals surface area contributed by atoms with Gasteiger partial charge in [-0.2, -0.15) is 0 Å². The minimum atomic E-state index is 1.25. The van der Waals surface area contributed by atoms with Gasteiger partial charge in [0.2, 0.25) is 0 Å². The molecule has 0 radical (unpaired) electrons. The molecule has 0 N–H and O–H groups in total. The van der Waals surface area contributed by atoms with Crippen LogP contribution in [-0.2, 0) is 0 Å². The lowest BCUT2D eigenvalue weighted by molar-refractivity contribution is 1.42. The van der Waals surface area contributed by atoms with E-state index in [0.717, 1.165) is 0 Å². The Hall–Kier alpha value is -1.69. The normalized spacial score (nSPS) is 13.4. The molecule has 14 heavy (non-hydrogen) atoms. The van der Waals surface area contributed by atoms with E-state index in [9.17, 15) is 0 Å². The van der Waals surface area contributed by atoms with E-state index in [0.29, 0.717) is 0 Å². The van der Waals surface area contributed by atoms with E-state index in [4.69, 9.17) is 0 Å². The molecule has 1 aliphatic carbocycles. The lowest BCUT2D eigenvalue weighted by atomic mass is 10.1. The molecule has 1 aromatic rings. The van der Waals surface area contributed by atoms with Crippen molar-refractivity contribution in [1.82, 2.24) is 0 Å². The molecule has 0 heterocycles. The smallest absolute Gasteiger partial charge is 0.0414 e. The average Bonchev–Trinajstić information content (AvgIpc) is 2.70. The summed E-state index contributed by atoms with van der Waals surface area (Å²) in [6, 6.07) is 8.53. The Kier molecular flexibility index (Phi) is 2.55. The van der Waals surface area contributed by atoms with E-state index in [1.807, 2.05) is 0 Å². The molecule has 0 nitrogen and oxygen atoms in total. The maximum absolute atomic E-state index is 2.13. The maximum atomic E-state index is 2.13. The molecular formula is C14H13-. The van der Waals surface area contributed by atoms with Gasteiger partial charge in [0.05, 0.1) is 0 Å². The van der Waals surface area contributed by atoms with Crippen LogP contribution in [0.5, 0.6) is 0 Å². The molecule has 0 amide bonds. The summed E-state index contributed by atoms with van der Waals surface area (Å²) in [7, 11) is 0. The van der Waals surface area contributed by atoms with Gasteiger partial charge in [0.15, 0.2) is 0 Å². The van der Waals surface area contributed by atoms with Crippen LogP contribution >= 0.6 is 0 Å². The summed E-state index contributed by atoms with van der Waals surface area (Å²) in [6.07, 6.45) is 12.6. The Morgan fingerprint density at radius 2 is 1.64 bits per heavy atom. The second-order valence-corrected chi connectivity index (χ2v) is 3.46. The lowest BCUT2D eigenvalue weighted by Crippen LogP contribution is -1.79. The summed E-state index contributed by atoms with van der Waals surface area (Å²) in [5, 5.41) is 0. The van der Waals surface area contributed by atoms with Crippen LogP contribution in [0.3, 0.4) is 0 Å². The first-order valence-corrected chi connectivity index (χ1v) is 4.81. The average molecular weight is 181 g/mol. The van der Waals surface area contributed by atoms with Crippen molar-refractivity contribution >= 4 is 0 Å². The zero-order valence-corrected chi connectivity index (χ0v) is 8.27. The van der Waals surface area contributed by atoms with Crippen LogP contribution in [0.15, 0.2) is 60.2 Å². The van der Waals surface area contributed by atoms with E-state index in [-0.39, 0.29) is 0 Å². The molecule has 70 valence electrons. The summed E-state index contributed by atoms with van der Waals surface area (Å²) in [5.74, 6) is 0. The summed E-state index contributed by atoms with van der Waals surface area (Å²) >= 11 is 0. The van der Waals surface area contributed by atoms with E-state index in [2.05, 4.69) is 68.0 Å². The molecule has 0 saturated heterocycles. The molecule has 0 saturated carbocycles. The van der Waals surface area contributed by atoms with Crippen LogP contribution < -0.4 is 0 Å². The molecule has 0 aliphatic heterocycles. The van der Waals surface area contributed by atoms with Gasteiger partial charge >= 0.3 is 0 Å². The summed E-state index contributed by atoms with van der Waals surface area (Å²) in [4.78, 5) is 0. The third kappa shape index (κ3) is 2.17. The fourth-order valence-corrected chi connectivity index (χ4v) is 1.37. The first-order valence-electron chi connectivity index (χ1n) is 4.81. The third-order valence-electron chi connectivity index (χ3n) is 2.23. The molecule has 0 atom stereocenters. The fraction of sp³-hybridized carbons (Fsp3) is 0.0714. The van der Waals surface area contributed by atoms with Crippen molar-refractivity contribution in [2.75, 3.05) is 0 Å². The number of hydrogen-bond acceptors (Lipinski definition) is 0. The highest BCUT2D eigenvalue weighted by Gasteiger charge is 1.86.